The molecule has 1 aromatic carbocycles. The number of amides is 1. The second-order valence-electron chi connectivity index (χ2n) is 5.20. The van der Waals surface area contributed by atoms with Gasteiger partial charge in [-0.1, -0.05) is 24.6 Å². The molecule has 1 atom stereocenters. The minimum atomic E-state index is 0.365. The summed E-state index contributed by atoms with van der Waals surface area (Å²) >= 11 is 1.94. The highest BCUT2D eigenvalue weighted by molar-refractivity contribution is 8.00. The highest BCUT2D eigenvalue weighted by atomic mass is 32.2. The van der Waals surface area contributed by atoms with Crippen LogP contribution in [0.2, 0.25) is 0 Å². The molecule has 96 valence electrons. The molecule has 0 saturated carbocycles. The van der Waals surface area contributed by atoms with Crippen LogP contribution < -0.4 is 0 Å². The molecule has 3 heteroatoms. The maximum Gasteiger partial charge on any atom is 0.222 e. The number of hydrogen-bond donors (Lipinski definition) is 0. The van der Waals surface area contributed by atoms with E-state index in [0.29, 0.717) is 11.2 Å². The molecule has 0 bridgehead atoms. The van der Waals surface area contributed by atoms with E-state index in [0.717, 1.165) is 32.4 Å². The first-order valence-electron chi connectivity index (χ1n) is 6.85. The van der Waals surface area contributed by atoms with E-state index in [4.69, 9.17) is 0 Å². The third-order valence-electron chi connectivity index (χ3n) is 3.81. The predicted octanol–water partition coefficient (Wildman–Crippen LogP) is 3.11. The Morgan fingerprint density at radius 1 is 1.22 bits per heavy atom. The maximum atomic E-state index is 12.0. The molecule has 3 rings (SSSR count). The van der Waals surface area contributed by atoms with E-state index >= 15 is 0 Å². The smallest absolute Gasteiger partial charge is 0.222 e. The number of hydrogen-bond acceptors (Lipinski definition) is 2. The molecular formula is C15H19NOS. The lowest BCUT2D eigenvalue weighted by Gasteiger charge is -2.23. The lowest BCUT2D eigenvalue weighted by molar-refractivity contribution is -0.130. The summed E-state index contributed by atoms with van der Waals surface area (Å²) in [5.74, 6) is 0.365. The van der Waals surface area contributed by atoms with Gasteiger partial charge in [-0.3, -0.25) is 4.79 Å². The fourth-order valence-corrected chi connectivity index (χ4v) is 4.17. The van der Waals surface area contributed by atoms with E-state index in [2.05, 4.69) is 29.2 Å². The van der Waals surface area contributed by atoms with Gasteiger partial charge in [0.1, 0.15) is 0 Å². The van der Waals surface area contributed by atoms with Gasteiger partial charge in [-0.25, -0.2) is 0 Å². The molecule has 2 aliphatic rings. The molecular weight excluding hydrogens is 242 g/mol. The van der Waals surface area contributed by atoms with Crippen molar-refractivity contribution in [1.82, 2.24) is 4.90 Å². The average molecular weight is 261 g/mol. The van der Waals surface area contributed by atoms with Gasteiger partial charge in [0.25, 0.3) is 0 Å². The minimum Gasteiger partial charge on any atom is -0.342 e. The van der Waals surface area contributed by atoms with E-state index in [-0.39, 0.29) is 0 Å². The topological polar surface area (TPSA) is 20.3 Å². The van der Waals surface area contributed by atoms with Gasteiger partial charge in [0, 0.05) is 29.7 Å². The number of fused-ring (bicyclic) bond motifs is 1. The molecule has 2 nitrogen and oxygen atoms in total. The van der Waals surface area contributed by atoms with Crippen molar-refractivity contribution < 1.29 is 4.79 Å². The summed E-state index contributed by atoms with van der Waals surface area (Å²) < 4.78 is 0. The van der Waals surface area contributed by atoms with Crippen LogP contribution in [0.3, 0.4) is 0 Å². The summed E-state index contributed by atoms with van der Waals surface area (Å²) in [5.41, 5.74) is 1.45. The number of rotatable bonds is 2. The van der Waals surface area contributed by atoms with Crippen molar-refractivity contribution in [3.63, 3.8) is 0 Å². The Labute approximate surface area is 113 Å². The Kier molecular flexibility index (Phi) is 3.59. The summed E-state index contributed by atoms with van der Waals surface area (Å²) in [7, 11) is 0. The summed E-state index contributed by atoms with van der Waals surface area (Å²) in [4.78, 5) is 15.5. The second-order valence-corrected chi connectivity index (χ2v) is 6.54. The Balaban J connectivity index is 1.63. The molecule has 0 radical (unpaired) electrons. The SMILES string of the molecule is O=C1CCCCCN1CC1Cc2ccccc2S1. The van der Waals surface area contributed by atoms with Gasteiger partial charge in [0.2, 0.25) is 5.91 Å². The quantitative estimate of drug-likeness (QED) is 0.815. The third kappa shape index (κ3) is 2.56. The van der Waals surface area contributed by atoms with Crippen LogP contribution in [-0.4, -0.2) is 29.1 Å². The first-order chi connectivity index (χ1) is 8.83. The van der Waals surface area contributed by atoms with Crippen molar-refractivity contribution >= 4 is 17.7 Å². The maximum absolute atomic E-state index is 12.0. The zero-order chi connectivity index (χ0) is 12.4. The summed E-state index contributed by atoms with van der Waals surface area (Å²) in [5, 5.41) is 0.560. The third-order valence-corrected chi connectivity index (χ3v) is 5.11. The zero-order valence-corrected chi connectivity index (χ0v) is 11.4. The van der Waals surface area contributed by atoms with E-state index < -0.39 is 0 Å². The van der Waals surface area contributed by atoms with Gasteiger partial charge in [-0.15, -0.1) is 11.8 Å². The molecule has 1 unspecified atom stereocenters. The minimum absolute atomic E-state index is 0.365. The zero-order valence-electron chi connectivity index (χ0n) is 10.6. The lowest BCUT2D eigenvalue weighted by atomic mass is 10.1. The number of thioether (sulfide) groups is 1. The van der Waals surface area contributed by atoms with E-state index in [1.807, 2.05) is 11.8 Å². The molecule has 2 heterocycles. The van der Waals surface area contributed by atoms with Crippen molar-refractivity contribution in [1.29, 1.82) is 0 Å². The van der Waals surface area contributed by atoms with Gasteiger partial charge in [0.15, 0.2) is 0 Å². The highest BCUT2D eigenvalue weighted by Crippen LogP contribution is 2.37. The Hall–Kier alpha value is -0.960. The monoisotopic (exact) mass is 261 g/mol. The normalized spacial score (nSPS) is 23.9. The first-order valence-corrected chi connectivity index (χ1v) is 7.73. The molecule has 0 aromatic heterocycles. The van der Waals surface area contributed by atoms with E-state index in [1.54, 1.807) is 0 Å². The number of benzene rings is 1. The number of carbonyl (C=O) groups is 1. The molecule has 1 saturated heterocycles. The van der Waals surface area contributed by atoms with Crippen molar-refractivity contribution in [2.24, 2.45) is 0 Å². The van der Waals surface area contributed by atoms with Crippen LogP contribution in [0.4, 0.5) is 0 Å². The number of likely N-dealkylation sites (tertiary alicyclic amines) is 1. The van der Waals surface area contributed by atoms with Gasteiger partial charge in [0.05, 0.1) is 0 Å². The van der Waals surface area contributed by atoms with Crippen molar-refractivity contribution in [2.75, 3.05) is 13.1 Å². The number of nitrogens with zero attached hydrogens (tertiary/aromatic N) is 1. The van der Waals surface area contributed by atoms with Crippen molar-refractivity contribution in [3.05, 3.63) is 29.8 Å². The van der Waals surface area contributed by atoms with Gasteiger partial charge in [-0.05, 0) is 30.9 Å². The molecule has 2 aliphatic heterocycles. The van der Waals surface area contributed by atoms with E-state index in [1.165, 1.54) is 23.3 Å². The molecule has 1 amide bonds. The summed E-state index contributed by atoms with van der Waals surface area (Å²) in [6.45, 7) is 1.89. The van der Waals surface area contributed by atoms with Crippen LogP contribution in [0.5, 0.6) is 0 Å². The molecule has 18 heavy (non-hydrogen) atoms. The molecule has 1 fully saturated rings. The molecule has 0 aliphatic carbocycles. The molecule has 1 aromatic rings. The van der Waals surface area contributed by atoms with Gasteiger partial charge < -0.3 is 4.90 Å². The average Bonchev–Trinajstić information content (AvgIpc) is 2.68. The lowest BCUT2D eigenvalue weighted by Crippen LogP contribution is -2.35. The van der Waals surface area contributed by atoms with Crippen LogP contribution in [0.1, 0.15) is 31.2 Å². The fraction of sp³-hybridized carbons (Fsp3) is 0.533. The summed E-state index contributed by atoms with van der Waals surface area (Å²) in [6, 6.07) is 8.63. The van der Waals surface area contributed by atoms with Crippen molar-refractivity contribution in [3.8, 4) is 0 Å². The Morgan fingerprint density at radius 2 is 2.11 bits per heavy atom. The van der Waals surface area contributed by atoms with Crippen molar-refractivity contribution in [2.45, 2.75) is 42.2 Å². The molecule has 0 N–H and O–H groups in total. The Morgan fingerprint density at radius 3 is 3.00 bits per heavy atom. The van der Waals surface area contributed by atoms with Crippen LogP contribution in [0.15, 0.2) is 29.2 Å². The Bertz CT molecular complexity index is 421. The summed E-state index contributed by atoms with van der Waals surface area (Å²) in [6.07, 6.45) is 5.33. The predicted molar refractivity (Wildman–Crippen MR) is 74.8 cm³/mol. The highest BCUT2D eigenvalue weighted by Gasteiger charge is 2.26. The largest absolute Gasteiger partial charge is 0.342 e. The fourth-order valence-electron chi connectivity index (χ4n) is 2.83. The first kappa shape index (κ1) is 12.1. The molecule has 0 spiro atoms. The van der Waals surface area contributed by atoms with Gasteiger partial charge in [-0.2, -0.15) is 0 Å². The van der Waals surface area contributed by atoms with Crippen LogP contribution >= 0.6 is 11.8 Å². The standard InChI is InChI=1S/C15H19NOS/c17-15-8-2-1-5-9-16(15)11-13-10-12-6-3-4-7-14(12)18-13/h3-4,6-7,13H,1-2,5,8-11H2. The van der Waals surface area contributed by atoms with E-state index in [9.17, 15) is 4.79 Å². The van der Waals surface area contributed by atoms with Crippen LogP contribution in [0, 0.1) is 0 Å². The number of carbonyl (C=O) groups excluding carboxylic acids is 1. The van der Waals surface area contributed by atoms with Crippen LogP contribution in [0.25, 0.3) is 0 Å². The van der Waals surface area contributed by atoms with Gasteiger partial charge >= 0.3 is 0 Å². The van der Waals surface area contributed by atoms with Crippen LogP contribution in [-0.2, 0) is 11.2 Å². The second kappa shape index (κ2) is 5.35.